The van der Waals surface area contributed by atoms with Crippen molar-refractivity contribution in [2.24, 2.45) is 0 Å². The number of amides is 1. The van der Waals surface area contributed by atoms with E-state index in [9.17, 15) is 14.4 Å². The Kier molecular flexibility index (Phi) is 6.96. The van der Waals surface area contributed by atoms with Gasteiger partial charge in [0.1, 0.15) is 10.6 Å². The maximum atomic E-state index is 12.4. The van der Waals surface area contributed by atoms with Gasteiger partial charge in [-0.3, -0.25) is 9.59 Å². The van der Waals surface area contributed by atoms with Crippen molar-refractivity contribution in [3.8, 4) is 10.4 Å². The number of thiophene rings is 3. The van der Waals surface area contributed by atoms with Crippen LogP contribution < -0.4 is 5.32 Å². The lowest BCUT2D eigenvalue weighted by Crippen LogP contribution is -2.22. The van der Waals surface area contributed by atoms with Gasteiger partial charge in [0.15, 0.2) is 6.61 Å². The molecule has 1 amide bonds. The lowest BCUT2D eigenvalue weighted by molar-refractivity contribution is -0.146. The first-order valence-corrected chi connectivity index (χ1v) is 11.0. The van der Waals surface area contributed by atoms with E-state index in [2.05, 4.69) is 5.32 Å². The number of esters is 2. The molecule has 0 spiro atoms. The highest BCUT2D eigenvalue weighted by Gasteiger charge is 2.23. The summed E-state index contributed by atoms with van der Waals surface area (Å²) in [5.74, 6) is -1.49. The molecule has 0 unspecified atom stereocenters. The SMILES string of the molecule is CCOC(=O)c1c(-c2cccs2)csc1NC(=O)COC(=O)Cc1cccs1. The van der Waals surface area contributed by atoms with E-state index in [1.54, 1.807) is 12.3 Å². The standard InChI is InChI=1S/C19H17NO5S3/c1-2-24-19(23)17-13(14-6-4-8-27-14)11-28-18(17)20-15(21)10-25-16(22)9-12-5-3-7-26-12/h3-8,11H,2,9-10H2,1H3,(H,20,21). The fourth-order valence-corrected chi connectivity index (χ4v) is 4.86. The van der Waals surface area contributed by atoms with Crippen LogP contribution in [0.2, 0.25) is 0 Å². The largest absolute Gasteiger partial charge is 0.462 e. The molecule has 0 aliphatic heterocycles. The Labute approximate surface area is 173 Å². The average Bonchev–Trinajstić information content (AvgIpc) is 3.41. The first-order chi connectivity index (χ1) is 13.6. The molecule has 0 aliphatic rings. The molecule has 1 N–H and O–H groups in total. The highest BCUT2D eigenvalue weighted by Crippen LogP contribution is 2.38. The second kappa shape index (κ2) is 9.63. The highest BCUT2D eigenvalue weighted by molar-refractivity contribution is 7.17. The first-order valence-electron chi connectivity index (χ1n) is 8.38. The van der Waals surface area contributed by atoms with Crippen LogP contribution in [0.3, 0.4) is 0 Å². The Morgan fingerprint density at radius 2 is 1.82 bits per heavy atom. The number of nitrogens with one attached hydrogen (secondary N) is 1. The predicted molar refractivity (Wildman–Crippen MR) is 111 cm³/mol. The van der Waals surface area contributed by atoms with Crippen LogP contribution in [0.4, 0.5) is 5.00 Å². The van der Waals surface area contributed by atoms with E-state index in [-0.39, 0.29) is 13.0 Å². The van der Waals surface area contributed by atoms with Crippen molar-refractivity contribution in [2.45, 2.75) is 13.3 Å². The van der Waals surface area contributed by atoms with Gasteiger partial charge in [-0.05, 0) is 29.8 Å². The van der Waals surface area contributed by atoms with E-state index in [4.69, 9.17) is 9.47 Å². The monoisotopic (exact) mass is 435 g/mol. The molecule has 3 aromatic heterocycles. The number of anilines is 1. The molecule has 3 aromatic rings. The van der Waals surface area contributed by atoms with Crippen LogP contribution in [0.25, 0.3) is 10.4 Å². The molecule has 0 saturated carbocycles. The lowest BCUT2D eigenvalue weighted by atomic mass is 10.1. The molecule has 0 saturated heterocycles. The van der Waals surface area contributed by atoms with Crippen molar-refractivity contribution in [2.75, 3.05) is 18.5 Å². The molecule has 9 heteroatoms. The minimum atomic E-state index is -0.510. The Balaban J connectivity index is 1.66. The maximum absolute atomic E-state index is 12.4. The van der Waals surface area contributed by atoms with Crippen molar-refractivity contribution >= 4 is 56.9 Å². The molecule has 0 aromatic carbocycles. The van der Waals surface area contributed by atoms with Gasteiger partial charge in [0.2, 0.25) is 0 Å². The van der Waals surface area contributed by atoms with Gasteiger partial charge in [-0.25, -0.2) is 4.79 Å². The molecule has 0 aliphatic carbocycles. The van der Waals surface area contributed by atoms with Gasteiger partial charge in [-0.1, -0.05) is 12.1 Å². The predicted octanol–water partition coefficient (Wildman–Crippen LogP) is 4.44. The zero-order chi connectivity index (χ0) is 19.9. The summed E-state index contributed by atoms with van der Waals surface area (Å²) in [6, 6.07) is 7.46. The molecule has 146 valence electrons. The van der Waals surface area contributed by atoms with Crippen molar-refractivity contribution in [3.05, 3.63) is 50.8 Å². The number of rotatable bonds is 8. The Hall–Kier alpha value is -2.49. The van der Waals surface area contributed by atoms with E-state index in [1.165, 1.54) is 34.0 Å². The topological polar surface area (TPSA) is 81.7 Å². The summed E-state index contributed by atoms with van der Waals surface area (Å²) in [6.45, 7) is 1.53. The molecule has 28 heavy (non-hydrogen) atoms. The van der Waals surface area contributed by atoms with Crippen molar-refractivity contribution in [3.63, 3.8) is 0 Å². The zero-order valence-corrected chi connectivity index (χ0v) is 17.4. The fourth-order valence-electron chi connectivity index (χ4n) is 2.38. The lowest BCUT2D eigenvalue weighted by Gasteiger charge is -2.08. The Bertz CT molecular complexity index is 945. The quantitative estimate of drug-likeness (QED) is 0.529. The molecule has 3 rings (SSSR count). The minimum absolute atomic E-state index is 0.126. The van der Waals surface area contributed by atoms with Gasteiger partial charge < -0.3 is 14.8 Å². The van der Waals surface area contributed by atoms with Crippen molar-refractivity contribution in [1.29, 1.82) is 0 Å². The second-order valence-corrected chi connectivity index (χ2v) is 8.38. The van der Waals surface area contributed by atoms with E-state index < -0.39 is 24.5 Å². The number of ether oxygens (including phenoxy) is 2. The van der Waals surface area contributed by atoms with Gasteiger partial charge in [0.05, 0.1) is 13.0 Å². The normalized spacial score (nSPS) is 10.5. The molecule has 0 atom stereocenters. The van der Waals surface area contributed by atoms with Crippen molar-refractivity contribution in [1.82, 2.24) is 0 Å². The van der Waals surface area contributed by atoms with Gasteiger partial charge in [0.25, 0.3) is 5.91 Å². The third-order valence-corrected chi connectivity index (χ3v) is 6.25. The third kappa shape index (κ3) is 5.06. The first kappa shape index (κ1) is 20.2. The summed E-state index contributed by atoms with van der Waals surface area (Å²) in [7, 11) is 0. The molecule has 3 heterocycles. The molecular formula is C19H17NO5S3. The van der Waals surface area contributed by atoms with E-state index in [1.807, 2.05) is 35.0 Å². The van der Waals surface area contributed by atoms with Gasteiger partial charge in [-0.15, -0.1) is 34.0 Å². The number of carbonyl (C=O) groups excluding carboxylic acids is 3. The molecule has 0 radical (unpaired) electrons. The van der Waals surface area contributed by atoms with Crippen LogP contribution in [-0.4, -0.2) is 31.1 Å². The molecular weight excluding hydrogens is 418 g/mol. The van der Waals surface area contributed by atoms with Gasteiger partial charge in [0, 0.05) is 20.7 Å². The summed E-state index contributed by atoms with van der Waals surface area (Å²) in [5.41, 5.74) is 1.02. The number of hydrogen-bond acceptors (Lipinski definition) is 8. The van der Waals surface area contributed by atoms with E-state index >= 15 is 0 Å². The van der Waals surface area contributed by atoms with Crippen LogP contribution in [0, 0.1) is 0 Å². The zero-order valence-electron chi connectivity index (χ0n) is 14.9. The summed E-state index contributed by atoms with van der Waals surface area (Å²) >= 11 is 4.17. The third-order valence-electron chi connectivity index (χ3n) is 3.57. The van der Waals surface area contributed by atoms with Gasteiger partial charge in [-0.2, -0.15) is 0 Å². The second-order valence-electron chi connectivity index (χ2n) is 5.52. The summed E-state index contributed by atoms with van der Waals surface area (Å²) < 4.78 is 10.2. The summed E-state index contributed by atoms with van der Waals surface area (Å²) in [6.07, 6.45) is 0.126. The van der Waals surface area contributed by atoms with Gasteiger partial charge >= 0.3 is 11.9 Å². The van der Waals surface area contributed by atoms with Crippen LogP contribution in [0.15, 0.2) is 40.4 Å². The van der Waals surface area contributed by atoms with Crippen LogP contribution in [0.1, 0.15) is 22.2 Å². The van der Waals surface area contributed by atoms with Crippen LogP contribution >= 0.6 is 34.0 Å². The maximum Gasteiger partial charge on any atom is 0.341 e. The Morgan fingerprint density at radius 3 is 2.50 bits per heavy atom. The van der Waals surface area contributed by atoms with Crippen LogP contribution in [-0.2, 0) is 25.5 Å². The highest BCUT2D eigenvalue weighted by atomic mass is 32.1. The van der Waals surface area contributed by atoms with Crippen molar-refractivity contribution < 1.29 is 23.9 Å². The molecule has 0 fully saturated rings. The van der Waals surface area contributed by atoms with Crippen LogP contribution in [0.5, 0.6) is 0 Å². The van der Waals surface area contributed by atoms with E-state index in [0.717, 1.165) is 9.75 Å². The number of carbonyl (C=O) groups is 3. The molecule has 0 bridgehead atoms. The molecule has 6 nitrogen and oxygen atoms in total. The summed E-state index contributed by atoms with van der Waals surface area (Å²) in [5, 5.41) is 8.61. The minimum Gasteiger partial charge on any atom is -0.462 e. The summed E-state index contributed by atoms with van der Waals surface area (Å²) in [4.78, 5) is 38.2. The number of hydrogen-bond donors (Lipinski definition) is 1. The Morgan fingerprint density at radius 1 is 1.04 bits per heavy atom. The smallest absolute Gasteiger partial charge is 0.341 e. The fraction of sp³-hybridized carbons (Fsp3) is 0.211. The average molecular weight is 436 g/mol. The van der Waals surface area contributed by atoms with E-state index in [0.29, 0.717) is 16.1 Å².